The Kier molecular flexibility index (Phi) is 6.47. The van der Waals surface area contributed by atoms with Crippen molar-refractivity contribution < 1.29 is 9.53 Å². The van der Waals surface area contributed by atoms with Crippen LogP contribution in [0.3, 0.4) is 0 Å². The summed E-state index contributed by atoms with van der Waals surface area (Å²) in [7, 11) is 1.57. The van der Waals surface area contributed by atoms with E-state index in [2.05, 4.69) is 47.2 Å². The molecule has 1 amide bonds. The predicted molar refractivity (Wildman–Crippen MR) is 116 cm³/mol. The monoisotopic (exact) mass is 401 g/mol. The fraction of sp³-hybridized carbons (Fsp3) is 0.409. The lowest BCUT2D eigenvalue weighted by Crippen LogP contribution is -2.53. The van der Waals surface area contributed by atoms with E-state index in [1.807, 2.05) is 6.92 Å². The third-order valence-electron chi connectivity index (χ3n) is 5.58. The van der Waals surface area contributed by atoms with Crippen LogP contribution in [0.2, 0.25) is 5.02 Å². The number of nitrogens with one attached hydrogen (secondary N) is 1. The number of benzene rings is 2. The summed E-state index contributed by atoms with van der Waals surface area (Å²) in [5, 5.41) is 3.44. The summed E-state index contributed by atoms with van der Waals surface area (Å²) in [5.41, 5.74) is 4.62. The van der Waals surface area contributed by atoms with Crippen molar-refractivity contribution in [1.29, 1.82) is 0 Å². The van der Waals surface area contributed by atoms with Crippen LogP contribution in [0.5, 0.6) is 5.75 Å². The topological polar surface area (TPSA) is 44.8 Å². The highest BCUT2D eigenvalue weighted by Crippen LogP contribution is 2.28. The zero-order chi connectivity index (χ0) is 20.3. The van der Waals surface area contributed by atoms with Gasteiger partial charge in [-0.1, -0.05) is 23.7 Å². The van der Waals surface area contributed by atoms with E-state index in [9.17, 15) is 4.79 Å². The summed E-state index contributed by atoms with van der Waals surface area (Å²) < 4.78 is 5.15. The first-order valence-electron chi connectivity index (χ1n) is 9.60. The summed E-state index contributed by atoms with van der Waals surface area (Å²) in [5.74, 6) is 0.566. The molecule has 1 fully saturated rings. The van der Waals surface area contributed by atoms with Gasteiger partial charge in [0.15, 0.2) is 0 Å². The summed E-state index contributed by atoms with van der Waals surface area (Å²) in [6.07, 6.45) is 0. The Morgan fingerprint density at radius 1 is 1.14 bits per heavy atom. The Bertz CT molecular complexity index is 848. The molecule has 1 aliphatic heterocycles. The lowest BCUT2D eigenvalue weighted by Gasteiger charge is -2.39. The second-order valence-corrected chi connectivity index (χ2v) is 7.66. The second-order valence-electron chi connectivity index (χ2n) is 7.26. The van der Waals surface area contributed by atoms with Gasteiger partial charge in [-0.15, -0.1) is 0 Å². The van der Waals surface area contributed by atoms with Crippen molar-refractivity contribution in [2.45, 2.75) is 26.8 Å². The number of halogens is 1. The number of nitrogens with zero attached hydrogens (tertiary/aromatic N) is 2. The molecule has 28 heavy (non-hydrogen) atoms. The van der Waals surface area contributed by atoms with E-state index in [0.717, 1.165) is 26.2 Å². The van der Waals surface area contributed by atoms with E-state index in [1.54, 1.807) is 25.3 Å². The zero-order valence-electron chi connectivity index (χ0n) is 17.0. The molecule has 1 aliphatic rings. The SMILES string of the molecule is COc1ccc(NC(=O)[C@@H](C)N2CCN(c3cccc(C)c3C)CC2)cc1Cl. The molecule has 0 bridgehead atoms. The number of rotatable bonds is 5. The van der Waals surface area contributed by atoms with Gasteiger partial charge in [-0.3, -0.25) is 9.69 Å². The highest BCUT2D eigenvalue weighted by atomic mass is 35.5. The van der Waals surface area contributed by atoms with Crippen LogP contribution in [0.1, 0.15) is 18.1 Å². The minimum absolute atomic E-state index is 0.0265. The molecule has 0 unspecified atom stereocenters. The second kappa shape index (κ2) is 8.84. The predicted octanol–water partition coefficient (Wildman–Crippen LogP) is 4.11. The number of ether oxygens (including phenoxy) is 1. The third kappa shape index (κ3) is 4.42. The molecule has 6 heteroatoms. The van der Waals surface area contributed by atoms with E-state index < -0.39 is 0 Å². The molecule has 1 atom stereocenters. The van der Waals surface area contributed by atoms with Gasteiger partial charge in [-0.05, 0) is 56.2 Å². The highest BCUT2D eigenvalue weighted by Gasteiger charge is 2.26. The summed E-state index contributed by atoms with van der Waals surface area (Å²) >= 11 is 6.15. The molecule has 2 aromatic carbocycles. The van der Waals surface area contributed by atoms with Gasteiger partial charge in [-0.2, -0.15) is 0 Å². The molecule has 2 aromatic rings. The van der Waals surface area contributed by atoms with Crippen molar-refractivity contribution in [1.82, 2.24) is 4.90 Å². The van der Waals surface area contributed by atoms with Gasteiger partial charge in [-0.25, -0.2) is 0 Å². The van der Waals surface area contributed by atoms with Crippen molar-refractivity contribution >= 4 is 28.9 Å². The maximum Gasteiger partial charge on any atom is 0.241 e. The average Bonchev–Trinajstić information content (AvgIpc) is 2.70. The Balaban J connectivity index is 1.58. The summed E-state index contributed by atoms with van der Waals surface area (Å²) in [6, 6.07) is 11.5. The molecule has 0 spiro atoms. The Hall–Kier alpha value is -2.24. The summed E-state index contributed by atoms with van der Waals surface area (Å²) in [6.45, 7) is 9.80. The molecule has 0 saturated carbocycles. The number of methoxy groups -OCH3 is 1. The van der Waals surface area contributed by atoms with Gasteiger partial charge in [0.2, 0.25) is 5.91 Å². The largest absolute Gasteiger partial charge is 0.495 e. The number of aryl methyl sites for hydroxylation is 1. The minimum atomic E-state index is -0.207. The van der Waals surface area contributed by atoms with Gasteiger partial charge in [0.25, 0.3) is 0 Å². The van der Waals surface area contributed by atoms with Crippen LogP contribution in [0.25, 0.3) is 0 Å². The minimum Gasteiger partial charge on any atom is -0.495 e. The van der Waals surface area contributed by atoms with E-state index >= 15 is 0 Å². The molecule has 1 saturated heterocycles. The normalized spacial score (nSPS) is 16.0. The van der Waals surface area contributed by atoms with Crippen LogP contribution < -0.4 is 15.0 Å². The summed E-state index contributed by atoms with van der Waals surface area (Å²) in [4.78, 5) is 17.3. The molecular weight excluding hydrogens is 374 g/mol. The quantitative estimate of drug-likeness (QED) is 0.818. The van der Waals surface area contributed by atoms with Crippen LogP contribution in [0.15, 0.2) is 36.4 Å². The fourth-order valence-corrected chi connectivity index (χ4v) is 3.84. The number of piperazine rings is 1. The van der Waals surface area contributed by atoms with Crippen molar-refractivity contribution in [2.75, 3.05) is 43.5 Å². The van der Waals surface area contributed by atoms with Crippen molar-refractivity contribution in [3.63, 3.8) is 0 Å². The number of carbonyl (C=O) groups is 1. The molecule has 0 radical (unpaired) electrons. The zero-order valence-corrected chi connectivity index (χ0v) is 17.7. The van der Waals surface area contributed by atoms with Gasteiger partial charge < -0.3 is 15.0 Å². The first-order chi connectivity index (χ1) is 13.4. The number of amides is 1. The Morgan fingerprint density at radius 3 is 2.50 bits per heavy atom. The van der Waals surface area contributed by atoms with Crippen LogP contribution in [-0.2, 0) is 4.79 Å². The molecule has 3 rings (SSSR count). The van der Waals surface area contributed by atoms with E-state index in [-0.39, 0.29) is 11.9 Å². The fourth-order valence-electron chi connectivity index (χ4n) is 3.58. The van der Waals surface area contributed by atoms with Gasteiger partial charge in [0, 0.05) is 37.6 Å². The number of anilines is 2. The van der Waals surface area contributed by atoms with E-state index in [0.29, 0.717) is 16.5 Å². The molecule has 0 aromatic heterocycles. The van der Waals surface area contributed by atoms with Crippen molar-refractivity contribution in [3.05, 3.63) is 52.5 Å². The van der Waals surface area contributed by atoms with Gasteiger partial charge >= 0.3 is 0 Å². The van der Waals surface area contributed by atoms with Gasteiger partial charge in [0.05, 0.1) is 18.2 Å². The van der Waals surface area contributed by atoms with Crippen LogP contribution in [0, 0.1) is 13.8 Å². The first-order valence-corrected chi connectivity index (χ1v) is 9.98. The van der Waals surface area contributed by atoms with Crippen LogP contribution in [-0.4, -0.2) is 50.1 Å². The van der Waals surface area contributed by atoms with E-state index in [4.69, 9.17) is 16.3 Å². The third-order valence-corrected chi connectivity index (χ3v) is 5.87. The standard InChI is InChI=1S/C22H28ClN3O2/c1-15-6-5-7-20(16(15)2)26-12-10-25(11-13-26)17(3)22(27)24-18-8-9-21(28-4)19(23)14-18/h5-9,14,17H,10-13H2,1-4H3,(H,24,27)/t17-/m1/s1. The molecule has 0 aliphatic carbocycles. The van der Waals surface area contributed by atoms with E-state index in [1.165, 1.54) is 16.8 Å². The lowest BCUT2D eigenvalue weighted by molar-refractivity contribution is -0.120. The number of carbonyl (C=O) groups excluding carboxylic acids is 1. The smallest absolute Gasteiger partial charge is 0.241 e. The maximum absolute atomic E-state index is 12.7. The van der Waals surface area contributed by atoms with Crippen molar-refractivity contribution in [3.8, 4) is 5.75 Å². The molecule has 5 nitrogen and oxygen atoms in total. The molecular formula is C22H28ClN3O2. The Morgan fingerprint density at radius 2 is 1.86 bits per heavy atom. The number of hydrogen-bond acceptors (Lipinski definition) is 4. The average molecular weight is 402 g/mol. The lowest BCUT2D eigenvalue weighted by atomic mass is 10.1. The molecule has 1 heterocycles. The molecule has 1 N–H and O–H groups in total. The maximum atomic E-state index is 12.7. The van der Waals surface area contributed by atoms with Crippen molar-refractivity contribution in [2.24, 2.45) is 0 Å². The van der Waals surface area contributed by atoms with Crippen LogP contribution >= 0.6 is 11.6 Å². The molecule has 150 valence electrons. The van der Waals surface area contributed by atoms with Crippen LogP contribution in [0.4, 0.5) is 11.4 Å². The number of hydrogen-bond donors (Lipinski definition) is 1. The highest BCUT2D eigenvalue weighted by molar-refractivity contribution is 6.32. The Labute approximate surface area is 172 Å². The van der Waals surface area contributed by atoms with Gasteiger partial charge in [0.1, 0.15) is 5.75 Å². The first kappa shape index (κ1) is 20.5.